The Hall–Kier alpha value is -2.49. The first kappa shape index (κ1) is 14.9. The normalized spacial score (nSPS) is 11.6. The van der Waals surface area contributed by atoms with Crippen molar-refractivity contribution >= 4 is 11.7 Å². The standard InChI is InChI=1S/C17H19NO3/c1-12-6-4-8-14(10-12)18-16(17(19)21-3)13-7-5-9-15(11-13)20-2/h4-11,16,18H,1-3H3. The van der Waals surface area contributed by atoms with E-state index in [1.165, 1.54) is 7.11 Å². The van der Waals surface area contributed by atoms with E-state index in [4.69, 9.17) is 9.47 Å². The minimum Gasteiger partial charge on any atom is -0.497 e. The van der Waals surface area contributed by atoms with Crippen LogP contribution in [0.25, 0.3) is 0 Å². The number of anilines is 1. The molecule has 0 saturated heterocycles. The zero-order valence-electron chi connectivity index (χ0n) is 12.4. The number of aryl methyl sites for hydroxylation is 1. The van der Waals surface area contributed by atoms with E-state index < -0.39 is 6.04 Å². The van der Waals surface area contributed by atoms with E-state index >= 15 is 0 Å². The third-order valence-electron chi connectivity index (χ3n) is 3.19. The van der Waals surface area contributed by atoms with Crippen LogP contribution in [-0.4, -0.2) is 20.2 Å². The molecule has 2 rings (SSSR count). The van der Waals surface area contributed by atoms with Crippen LogP contribution in [0.15, 0.2) is 48.5 Å². The highest BCUT2D eigenvalue weighted by Crippen LogP contribution is 2.24. The maximum Gasteiger partial charge on any atom is 0.332 e. The van der Waals surface area contributed by atoms with Gasteiger partial charge in [0.15, 0.2) is 6.04 Å². The van der Waals surface area contributed by atoms with Gasteiger partial charge in [0.25, 0.3) is 0 Å². The number of benzene rings is 2. The summed E-state index contributed by atoms with van der Waals surface area (Å²) in [5.41, 5.74) is 2.78. The number of methoxy groups -OCH3 is 2. The quantitative estimate of drug-likeness (QED) is 0.856. The number of esters is 1. The molecule has 0 aliphatic rings. The first-order valence-corrected chi connectivity index (χ1v) is 6.69. The van der Waals surface area contributed by atoms with Crippen molar-refractivity contribution in [1.82, 2.24) is 0 Å². The monoisotopic (exact) mass is 285 g/mol. The van der Waals surface area contributed by atoms with Crippen LogP contribution in [0.4, 0.5) is 5.69 Å². The average molecular weight is 285 g/mol. The van der Waals surface area contributed by atoms with Gasteiger partial charge in [-0.15, -0.1) is 0 Å². The molecule has 0 fully saturated rings. The zero-order valence-corrected chi connectivity index (χ0v) is 12.4. The molecule has 21 heavy (non-hydrogen) atoms. The summed E-state index contributed by atoms with van der Waals surface area (Å²) >= 11 is 0. The van der Waals surface area contributed by atoms with Gasteiger partial charge in [0.05, 0.1) is 14.2 Å². The van der Waals surface area contributed by atoms with Gasteiger partial charge in [-0.3, -0.25) is 0 Å². The van der Waals surface area contributed by atoms with Crippen molar-refractivity contribution in [3.8, 4) is 5.75 Å². The lowest BCUT2D eigenvalue weighted by Crippen LogP contribution is -2.22. The average Bonchev–Trinajstić information content (AvgIpc) is 2.52. The Morgan fingerprint density at radius 2 is 1.86 bits per heavy atom. The summed E-state index contributed by atoms with van der Waals surface area (Å²) in [6.45, 7) is 2.00. The molecule has 2 aromatic carbocycles. The van der Waals surface area contributed by atoms with E-state index in [0.717, 1.165) is 16.8 Å². The molecule has 110 valence electrons. The maximum atomic E-state index is 12.1. The molecule has 1 unspecified atom stereocenters. The van der Waals surface area contributed by atoms with Crippen molar-refractivity contribution in [3.63, 3.8) is 0 Å². The molecule has 0 radical (unpaired) electrons. The van der Waals surface area contributed by atoms with E-state index in [1.54, 1.807) is 7.11 Å². The second-order valence-electron chi connectivity index (χ2n) is 4.75. The van der Waals surface area contributed by atoms with Crippen LogP contribution in [0.3, 0.4) is 0 Å². The largest absolute Gasteiger partial charge is 0.497 e. The lowest BCUT2D eigenvalue weighted by Gasteiger charge is -2.19. The Labute approximate surface area is 124 Å². The first-order chi connectivity index (χ1) is 10.1. The van der Waals surface area contributed by atoms with Gasteiger partial charge in [-0.2, -0.15) is 0 Å². The molecular formula is C17H19NO3. The van der Waals surface area contributed by atoms with Crippen LogP contribution in [0, 0.1) is 6.92 Å². The van der Waals surface area contributed by atoms with Crippen LogP contribution in [0.5, 0.6) is 5.75 Å². The highest BCUT2D eigenvalue weighted by molar-refractivity contribution is 5.81. The number of carbonyl (C=O) groups is 1. The Morgan fingerprint density at radius 3 is 2.52 bits per heavy atom. The van der Waals surface area contributed by atoms with Gasteiger partial charge in [-0.05, 0) is 42.3 Å². The number of hydrogen-bond donors (Lipinski definition) is 1. The Morgan fingerprint density at radius 1 is 1.10 bits per heavy atom. The summed E-state index contributed by atoms with van der Waals surface area (Å²) in [6, 6.07) is 14.6. The summed E-state index contributed by atoms with van der Waals surface area (Å²) in [5, 5.41) is 3.21. The first-order valence-electron chi connectivity index (χ1n) is 6.69. The van der Waals surface area contributed by atoms with E-state index in [1.807, 2.05) is 55.5 Å². The molecule has 1 N–H and O–H groups in total. The fraction of sp³-hybridized carbons (Fsp3) is 0.235. The van der Waals surface area contributed by atoms with Crippen molar-refractivity contribution in [2.24, 2.45) is 0 Å². The number of hydrogen-bond acceptors (Lipinski definition) is 4. The van der Waals surface area contributed by atoms with Gasteiger partial charge < -0.3 is 14.8 Å². The van der Waals surface area contributed by atoms with E-state index in [-0.39, 0.29) is 5.97 Å². The van der Waals surface area contributed by atoms with Crippen LogP contribution in [-0.2, 0) is 9.53 Å². The van der Waals surface area contributed by atoms with Crippen LogP contribution >= 0.6 is 0 Å². The second-order valence-corrected chi connectivity index (χ2v) is 4.75. The van der Waals surface area contributed by atoms with Crippen molar-refractivity contribution in [2.45, 2.75) is 13.0 Å². The summed E-state index contributed by atoms with van der Waals surface area (Å²) < 4.78 is 10.1. The summed E-state index contributed by atoms with van der Waals surface area (Å²) in [7, 11) is 2.98. The molecule has 0 bridgehead atoms. The Bertz CT molecular complexity index is 625. The van der Waals surface area contributed by atoms with Crippen LogP contribution < -0.4 is 10.1 Å². The van der Waals surface area contributed by atoms with Gasteiger partial charge in [-0.1, -0.05) is 24.3 Å². The Balaban J connectivity index is 2.32. The molecule has 4 nitrogen and oxygen atoms in total. The van der Waals surface area contributed by atoms with E-state index in [0.29, 0.717) is 5.75 Å². The van der Waals surface area contributed by atoms with Crippen molar-refractivity contribution < 1.29 is 14.3 Å². The van der Waals surface area contributed by atoms with Gasteiger partial charge >= 0.3 is 5.97 Å². The molecule has 0 amide bonds. The number of ether oxygens (including phenoxy) is 2. The van der Waals surface area contributed by atoms with Gasteiger partial charge in [-0.25, -0.2) is 4.79 Å². The smallest absolute Gasteiger partial charge is 0.332 e. The summed E-state index contributed by atoms with van der Waals surface area (Å²) in [5.74, 6) is 0.359. The SMILES string of the molecule is COC(=O)C(Nc1cccc(C)c1)c1cccc(OC)c1. The summed E-state index contributed by atoms with van der Waals surface area (Å²) in [4.78, 5) is 12.1. The second kappa shape index (κ2) is 6.79. The molecule has 0 spiro atoms. The molecule has 0 aromatic heterocycles. The fourth-order valence-corrected chi connectivity index (χ4v) is 2.12. The van der Waals surface area contributed by atoms with Crippen LogP contribution in [0.1, 0.15) is 17.2 Å². The van der Waals surface area contributed by atoms with Crippen molar-refractivity contribution in [3.05, 3.63) is 59.7 Å². The lowest BCUT2D eigenvalue weighted by atomic mass is 10.1. The molecule has 0 heterocycles. The number of nitrogens with one attached hydrogen (secondary N) is 1. The molecule has 2 aromatic rings. The van der Waals surface area contributed by atoms with Crippen LogP contribution in [0.2, 0.25) is 0 Å². The third kappa shape index (κ3) is 3.75. The predicted molar refractivity (Wildman–Crippen MR) is 82.6 cm³/mol. The minimum absolute atomic E-state index is 0.343. The lowest BCUT2D eigenvalue weighted by molar-refractivity contribution is -0.141. The molecular weight excluding hydrogens is 266 g/mol. The van der Waals surface area contributed by atoms with Crippen molar-refractivity contribution in [2.75, 3.05) is 19.5 Å². The molecule has 4 heteroatoms. The number of rotatable bonds is 5. The Kier molecular flexibility index (Phi) is 4.82. The van der Waals surface area contributed by atoms with Crippen molar-refractivity contribution in [1.29, 1.82) is 0 Å². The molecule has 0 aliphatic carbocycles. The predicted octanol–water partition coefficient (Wildman–Crippen LogP) is 3.33. The van der Waals surface area contributed by atoms with E-state index in [9.17, 15) is 4.79 Å². The zero-order chi connectivity index (χ0) is 15.2. The minimum atomic E-state index is -0.577. The highest BCUT2D eigenvalue weighted by atomic mass is 16.5. The van der Waals surface area contributed by atoms with Gasteiger partial charge in [0, 0.05) is 5.69 Å². The highest BCUT2D eigenvalue weighted by Gasteiger charge is 2.21. The van der Waals surface area contributed by atoms with Gasteiger partial charge in [0.2, 0.25) is 0 Å². The van der Waals surface area contributed by atoms with Gasteiger partial charge in [0.1, 0.15) is 5.75 Å². The molecule has 1 atom stereocenters. The third-order valence-corrected chi connectivity index (χ3v) is 3.19. The molecule has 0 saturated carbocycles. The topological polar surface area (TPSA) is 47.6 Å². The van der Waals surface area contributed by atoms with E-state index in [2.05, 4.69) is 5.32 Å². The maximum absolute atomic E-state index is 12.1. The fourth-order valence-electron chi connectivity index (χ4n) is 2.12. The molecule has 0 aliphatic heterocycles. The number of carbonyl (C=O) groups excluding carboxylic acids is 1. The summed E-state index contributed by atoms with van der Waals surface area (Å²) in [6.07, 6.45) is 0.